The van der Waals surface area contributed by atoms with Gasteiger partial charge in [0.15, 0.2) is 0 Å². The minimum absolute atomic E-state index is 0.144. The van der Waals surface area contributed by atoms with Crippen LogP contribution >= 0.6 is 0 Å². The van der Waals surface area contributed by atoms with Crippen molar-refractivity contribution in [1.29, 1.82) is 0 Å². The molecule has 124 valence electrons. The van der Waals surface area contributed by atoms with E-state index in [0.717, 1.165) is 32.7 Å². The second-order valence-corrected chi connectivity index (χ2v) is 6.32. The van der Waals surface area contributed by atoms with Crippen molar-refractivity contribution in [3.05, 3.63) is 95.2 Å². The van der Waals surface area contributed by atoms with Crippen molar-refractivity contribution in [2.75, 3.05) is 0 Å². The first kappa shape index (κ1) is 14.7. The molecule has 26 heavy (non-hydrogen) atoms. The van der Waals surface area contributed by atoms with Gasteiger partial charge in [-0.1, -0.05) is 54.6 Å². The van der Waals surface area contributed by atoms with Gasteiger partial charge in [-0.05, 0) is 29.0 Å². The molecule has 0 atom stereocenters. The summed E-state index contributed by atoms with van der Waals surface area (Å²) in [5.74, 6) is 0. The first-order valence-electron chi connectivity index (χ1n) is 8.39. The molecule has 0 amide bonds. The molecule has 1 aromatic heterocycles. The fraction of sp³-hybridized carbons (Fsp3) is 0. The smallest absolute Gasteiger partial charge is 0.277 e. The number of hydrogen-bond donors (Lipinski definition) is 0. The van der Waals surface area contributed by atoms with Crippen LogP contribution in [-0.2, 0) is 0 Å². The largest absolute Gasteiger partial charge is 0.316 e. The second kappa shape index (κ2) is 5.43. The number of para-hydroxylation sites is 1. The SMILES string of the molecule is O=[N+]([O-])c1cccc2ccc3c(ccc4ccn(-c5ccccc5)c43)c12. The summed E-state index contributed by atoms with van der Waals surface area (Å²) in [7, 11) is 0. The van der Waals surface area contributed by atoms with Crippen LogP contribution in [0.25, 0.3) is 38.1 Å². The van der Waals surface area contributed by atoms with Crippen LogP contribution in [0, 0.1) is 10.1 Å². The molecule has 0 aliphatic heterocycles. The van der Waals surface area contributed by atoms with Crippen molar-refractivity contribution < 1.29 is 4.92 Å². The number of nitro groups is 1. The number of benzene rings is 4. The summed E-state index contributed by atoms with van der Waals surface area (Å²) in [6.45, 7) is 0. The molecule has 0 spiro atoms. The van der Waals surface area contributed by atoms with Gasteiger partial charge in [0.2, 0.25) is 0 Å². The van der Waals surface area contributed by atoms with E-state index in [-0.39, 0.29) is 10.6 Å². The number of non-ortho nitro benzene ring substituents is 1. The van der Waals surface area contributed by atoms with Gasteiger partial charge in [-0.15, -0.1) is 0 Å². The van der Waals surface area contributed by atoms with Crippen LogP contribution in [0.5, 0.6) is 0 Å². The third-order valence-corrected chi connectivity index (χ3v) is 4.90. The van der Waals surface area contributed by atoms with E-state index in [2.05, 4.69) is 28.8 Å². The zero-order chi connectivity index (χ0) is 17.7. The fourth-order valence-corrected chi connectivity index (χ4v) is 3.76. The molecule has 5 rings (SSSR count). The predicted octanol–water partition coefficient (Wildman–Crippen LogP) is 5.85. The topological polar surface area (TPSA) is 48.1 Å². The lowest BCUT2D eigenvalue weighted by atomic mass is 9.99. The zero-order valence-electron chi connectivity index (χ0n) is 13.8. The number of aromatic nitrogens is 1. The Hall–Kier alpha value is -3.66. The van der Waals surface area contributed by atoms with Crippen molar-refractivity contribution in [3.63, 3.8) is 0 Å². The number of rotatable bonds is 2. The Morgan fingerprint density at radius 3 is 2.31 bits per heavy atom. The van der Waals surface area contributed by atoms with E-state index in [1.54, 1.807) is 12.1 Å². The van der Waals surface area contributed by atoms with Crippen molar-refractivity contribution in [3.8, 4) is 5.69 Å². The monoisotopic (exact) mass is 338 g/mol. The second-order valence-electron chi connectivity index (χ2n) is 6.32. The van der Waals surface area contributed by atoms with Crippen LogP contribution in [-0.4, -0.2) is 9.49 Å². The zero-order valence-corrected chi connectivity index (χ0v) is 13.8. The predicted molar refractivity (Wildman–Crippen MR) is 105 cm³/mol. The van der Waals surface area contributed by atoms with E-state index in [1.807, 2.05) is 48.7 Å². The van der Waals surface area contributed by atoms with Gasteiger partial charge in [-0.2, -0.15) is 0 Å². The first-order chi connectivity index (χ1) is 12.7. The average molecular weight is 338 g/mol. The summed E-state index contributed by atoms with van der Waals surface area (Å²) >= 11 is 0. The summed E-state index contributed by atoms with van der Waals surface area (Å²) in [6.07, 6.45) is 2.04. The molecule has 0 saturated carbocycles. The van der Waals surface area contributed by atoms with Gasteiger partial charge in [0.25, 0.3) is 5.69 Å². The lowest BCUT2D eigenvalue weighted by Gasteiger charge is -2.10. The van der Waals surface area contributed by atoms with Crippen LogP contribution in [0.3, 0.4) is 0 Å². The molecule has 4 aromatic carbocycles. The van der Waals surface area contributed by atoms with Crippen molar-refractivity contribution in [2.45, 2.75) is 0 Å². The van der Waals surface area contributed by atoms with E-state index < -0.39 is 0 Å². The number of nitro benzene ring substituents is 1. The summed E-state index contributed by atoms with van der Waals surface area (Å²) < 4.78 is 2.14. The van der Waals surface area contributed by atoms with Crippen molar-refractivity contribution in [1.82, 2.24) is 4.57 Å². The lowest BCUT2D eigenvalue weighted by Crippen LogP contribution is -1.93. The quantitative estimate of drug-likeness (QED) is 0.230. The maximum absolute atomic E-state index is 11.6. The van der Waals surface area contributed by atoms with Crippen molar-refractivity contribution >= 4 is 38.1 Å². The highest BCUT2D eigenvalue weighted by molar-refractivity contribution is 6.19. The number of fused-ring (bicyclic) bond motifs is 5. The molecule has 5 aromatic rings. The molecule has 0 aliphatic carbocycles. The van der Waals surface area contributed by atoms with Crippen molar-refractivity contribution in [2.24, 2.45) is 0 Å². The Morgan fingerprint density at radius 2 is 1.50 bits per heavy atom. The van der Waals surface area contributed by atoms with Gasteiger partial charge in [-0.3, -0.25) is 10.1 Å². The Morgan fingerprint density at radius 1 is 0.731 bits per heavy atom. The van der Waals surface area contributed by atoms with E-state index >= 15 is 0 Å². The Bertz CT molecular complexity index is 1300. The van der Waals surface area contributed by atoms with Gasteiger partial charge in [0.1, 0.15) is 0 Å². The maximum Gasteiger partial charge on any atom is 0.277 e. The standard InChI is InChI=1S/C22H14N2O2/c25-24(26)20-8-4-5-15-9-12-19-18(21(15)20)11-10-16-13-14-23(22(16)19)17-6-2-1-3-7-17/h1-14H. The van der Waals surface area contributed by atoms with E-state index in [9.17, 15) is 10.1 Å². The van der Waals surface area contributed by atoms with Gasteiger partial charge in [0, 0.05) is 28.7 Å². The molecule has 0 unspecified atom stereocenters. The molecule has 0 N–H and O–H groups in total. The summed E-state index contributed by atoms with van der Waals surface area (Å²) in [6, 6.07) is 25.5. The molecule has 0 aliphatic rings. The first-order valence-corrected chi connectivity index (χ1v) is 8.39. The summed E-state index contributed by atoms with van der Waals surface area (Å²) in [4.78, 5) is 11.3. The molecule has 0 bridgehead atoms. The molecular formula is C22H14N2O2. The van der Waals surface area contributed by atoms with Gasteiger partial charge >= 0.3 is 0 Å². The molecule has 4 nitrogen and oxygen atoms in total. The summed E-state index contributed by atoms with van der Waals surface area (Å²) in [5, 5.41) is 16.2. The third-order valence-electron chi connectivity index (χ3n) is 4.90. The Labute approximate surface area is 149 Å². The minimum Gasteiger partial charge on any atom is -0.316 e. The van der Waals surface area contributed by atoms with Crippen LogP contribution < -0.4 is 0 Å². The number of hydrogen-bond acceptors (Lipinski definition) is 2. The van der Waals surface area contributed by atoms with Crippen LogP contribution in [0.15, 0.2) is 85.1 Å². The van der Waals surface area contributed by atoms with Gasteiger partial charge in [-0.25, -0.2) is 0 Å². The van der Waals surface area contributed by atoms with E-state index in [0.29, 0.717) is 5.39 Å². The highest BCUT2D eigenvalue weighted by Crippen LogP contribution is 2.36. The van der Waals surface area contributed by atoms with Crippen LogP contribution in [0.1, 0.15) is 0 Å². The molecule has 4 heteroatoms. The van der Waals surface area contributed by atoms with Gasteiger partial charge < -0.3 is 4.57 Å². The highest BCUT2D eigenvalue weighted by Gasteiger charge is 2.16. The third kappa shape index (κ3) is 2.02. The van der Waals surface area contributed by atoms with E-state index in [1.165, 1.54) is 0 Å². The lowest BCUT2D eigenvalue weighted by molar-refractivity contribution is -0.383. The fourth-order valence-electron chi connectivity index (χ4n) is 3.76. The van der Waals surface area contributed by atoms with Gasteiger partial charge in [0.05, 0.1) is 15.8 Å². The molecule has 0 radical (unpaired) electrons. The maximum atomic E-state index is 11.6. The summed E-state index contributed by atoms with van der Waals surface area (Å²) in [5.41, 5.74) is 2.27. The highest BCUT2D eigenvalue weighted by atomic mass is 16.6. The molecule has 1 heterocycles. The molecule has 0 saturated heterocycles. The van der Waals surface area contributed by atoms with Crippen LogP contribution in [0.4, 0.5) is 5.69 Å². The normalized spacial score (nSPS) is 11.4. The number of nitrogens with zero attached hydrogens (tertiary/aromatic N) is 2. The average Bonchev–Trinajstić information content (AvgIpc) is 3.12. The van der Waals surface area contributed by atoms with E-state index in [4.69, 9.17) is 0 Å². The Balaban J connectivity index is 1.97. The van der Waals surface area contributed by atoms with Crippen LogP contribution in [0.2, 0.25) is 0 Å². The molecular weight excluding hydrogens is 324 g/mol. The Kier molecular flexibility index (Phi) is 3.06. The molecule has 0 fully saturated rings. The minimum atomic E-state index is -0.303.